The molecule has 0 spiro atoms. The maximum atomic E-state index is 13.3. The quantitative estimate of drug-likeness (QED) is 0.352. The number of pyridine rings is 1. The molecule has 1 amide bonds. The number of rotatable bonds is 6. The summed E-state index contributed by atoms with van der Waals surface area (Å²) in [7, 11) is 2.92. The Hall–Kier alpha value is -4.66. The van der Waals surface area contributed by atoms with Crippen LogP contribution in [0, 0.1) is 10.1 Å². The van der Waals surface area contributed by atoms with E-state index in [2.05, 4.69) is 5.32 Å². The Morgan fingerprint density at radius 1 is 0.970 bits per heavy atom. The van der Waals surface area contributed by atoms with Gasteiger partial charge in [-0.1, -0.05) is 24.3 Å². The minimum atomic E-state index is -0.562. The first-order chi connectivity index (χ1) is 15.9. The lowest BCUT2D eigenvalue weighted by molar-refractivity contribution is -0.384. The van der Waals surface area contributed by atoms with Gasteiger partial charge in [-0.25, -0.2) is 0 Å². The van der Waals surface area contributed by atoms with Gasteiger partial charge >= 0.3 is 0 Å². The van der Waals surface area contributed by atoms with Crippen molar-refractivity contribution in [3.63, 3.8) is 0 Å². The molecule has 0 atom stereocenters. The van der Waals surface area contributed by atoms with Crippen molar-refractivity contribution in [1.82, 2.24) is 4.57 Å². The number of nitrogens with one attached hydrogen (secondary N) is 1. The van der Waals surface area contributed by atoms with Crippen LogP contribution in [0.3, 0.4) is 0 Å². The van der Waals surface area contributed by atoms with Gasteiger partial charge in [-0.05, 0) is 24.3 Å². The third kappa shape index (κ3) is 4.11. The smallest absolute Gasteiger partial charge is 0.271 e. The number of nitro benzene ring substituents is 1. The Morgan fingerprint density at radius 3 is 2.42 bits per heavy atom. The molecule has 9 nitrogen and oxygen atoms in total. The van der Waals surface area contributed by atoms with Crippen LogP contribution in [0.1, 0.15) is 10.4 Å². The van der Waals surface area contributed by atoms with Crippen LogP contribution < -0.4 is 20.3 Å². The molecular formula is C24H19N3O6. The summed E-state index contributed by atoms with van der Waals surface area (Å²) in [6, 6.07) is 17.6. The molecule has 4 aromatic rings. The normalized spacial score (nSPS) is 10.6. The molecule has 0 radical (unpaired) electrons. The first kappa shape index (κ1) is 21.6. The van der Waals surface area contributed by atoms with Gasteiger partial charge in [0.2, 0.25) is 0 Å². The van der Waals surface area contributed by atoms with Crippen molar-refractivity contribution in [2.24, 2.45) is 0 Å². The van der Waals surface area contributed by atoms with E-state index in [0.29, 0.717) is 22.2 Å². The van der Waals surface area contributed by atoms with E-state index in [-0.39, 0.29) is 28.2 Å². The van der Waals surface area contributed by atoms with Crippen LogP contribution >= 0.6 is 0 Å². The van der Waals surface area contributed by atoms with Crippen LogP contribution in [0.25, 0.3) is 16.5 Å². The Labute approximate surface area is 188 Å². The van der Waals surface area contributed by atoms with E-state index in [1.807, 2.05) is 0 Å². The second kappa shape index (κ2) is 8.83. The fourth-order valence-corrected chi connectivity index (χ4v) is 3.52. The molecule has 9 heteroatoms. The monoisotopic (exact) mass is 445 g/mol. The molecule has 0 aliphatic carbocycles. The molecule has 0 saturated carbocycles. The number of amides is 1. The zero-order valence-corrected chi connectivity index (χ0v) is 17.8. The Bertz CT molecular complexity index is 1440. The zero-order chi connectivity index (χ0) is 23.5. The molecule has 0 unspecified atom stereocenters. The largest absolute Gasteiger partial charge is 0.497 e. The van der Waals surface area contributed by atoms with Gasteiger partial charge in [-0.3, -0.25) is 24.3 Å². The van der Waals surface area contributed by atoms with E-state index in [1.165, 1.54) is 43.2 Å². The number of benzene rings is 3. The lowest BCUT2D eigenvalue weighted by Crippen LogP contribution is -2.22. The van der Waals surface area contributed by atoms with Crippen LogP contribution in [-0.2, 0) is 0 Å². The first-order valence-electron chi connectivity index (χ1n) is 9.85. The second-order valence-electron chi connectivity index (χ2n) is 7.06. The Balaban J connectivity index is 1.86. The van der Waals surface area contributed by atoms with E-state index in [4.69, 9.17) is 9.47 Å². The predicted octanol–water partition coefficient (Wildman–Crippen LogP) is 4.17. The molecule has 3 aromatic carbocycles. The molecule has 166 valence electrons. The van der Waals surface area contributed by atoms with Gasteiger partial charge in [0.15, 0.2) is 0 Å². The molecule has 1 aromatic heterocycles. The van der Waals surface area contributed by atoms with Crippen LogP contribution in [0.15, 0.2) is 77.7 Å². The van der Waals surface area contributed by atoms with Crippen molar-refractivity contribution in [2.45, 2.75) is 0 Å². The minimum Gasteiger partial charge on any atom is -0.497 e. The number of hydrogen-bond donors (Lipinski definition) is 1. The fourth-order valence-electron chi connectivity index (χ4n) is 3.52. The van der Waals surface area contributed by atoms with Gasteiger partial charge in [0.05, 0.1) is 36.1 Å². The number of carbonyl (C=O) groups excluding carboxylic acids is 1. The van der Waals surface area contributed by atoms with Crippen LogP contribution in [-0.4, -0.2) is 29.6 Å². The number of non-ortho nitro benzene ring substituents is 1. The van der Waals surface area contributed by atoms with Gasteiger partial charge < -0.3 is 14.8 Å². The number of hydrogen-bond acceptors (Lipinski definition) is 6. The topological polar surface area (TPSA) is 113 Å². The highest BCUT2D eigenvalue weighted by molar-refractivity contribution is 6.13. The second-order valence-corrected chi connectivity index (χ2v) is 7.06. The van der Waals surface area contributed by atoms with Crippen molar-refractivity contribution in [3.05, 3.63) is 99.0 Å². The summed E-state index contributed by atoms with van der Waals surface area (Å²) in [5.74, 6) is 0.265. The number of nitro groups is 1. The molecule has 4 rings (SSSR count). The molecule has 1 N–H and O–H groups in total. The van der Waals surface area contributed by atoms with E-state index in [0.717, 1.165) is 0 Å². The molecule has 0 bridgehead atoms. The van der Waals surface area contributed by atoms with Crippen molar-refractivity contribution >= 4 is 28.1 Å². The highest BCUT2D eigenvalue weighted by atomic mass is 16.6. The lowest BCUT2D eigenvalue weighted by Gasteiger charge is -2.14. The standard InChI is InChI=1S/C24H19N3O6/c1-32-17-7-5-6-15(12-17)26-14-20(18-8-3-4-9-19(18)24(26)29)23(28)25-21-13-16(27(30)31)10-11-22(21)33-2/h3-14H,1-2H3,(H,25,28). The molecule has 0 aliphatic heterocycles. The summed E-state index contributed by atoms with van der Waals surface area (Å²) >= 11 is 0. The average Bonchev–Trinajstić information content (AvgIpc) is 2.84. The number of anilines is 1. The van der Waals surface area contributed by atoms with Gasteiger partial charge in [-0.2, -0.15) is 0 Å². The summed E-state index contributed by atoms with van der Waals surface area (Å²) in [6.45, 7) is 0. The highest BCUT2D eigenvalue weighted by Crippen LogP contribution is 2.30. The van der Waals surface area contributed by atoms with Crippen molar-refractivity contribution in [1.29, 1.82) is 0 Å². The number of aromatic nitrogens is 1. The molecule has 1 heterocycles. The number of ether oxygens (including phenoxy) is 2. The Morgan fingerprint density at radius 2 is 1.73 bits per heavy atom. The predicted molar refractivity (Wildman–Crippen MR) is 124 cm³/mol. The number of fused-ring (bicyclic) bond motifs is 1. The first-order valence-corrected chi connectivity index (χ1v) is 9.85. The summed E-state index contributed by atoms with van der Waals surface area (Å²) in [4.78, 5) is 37.1. The maximum absolute atomic E-state index is 13.3. The third-order valence-corrected chi connectivity index (χ3v) is 5.14. The zero-order valence-electron chi connectivity index (χ0n) is 17.8. The SMILES string of the molecule is COc1cccc(-n2cc(C(=O)Nc3cc([N+](=O)[O-])ccc3OC)c3ccccc3c2=O)c1. The maximum Gasteiger partial charge on any atom is 0.271 e. The average molecular weight is 445 g/mol. The van der Waals surface area contributed by atoms with Crippen molar-refractivity contribution in [2.75, 3.05) is 19.5 Å². The van der Waals surface area contributed by atoms with Gasteiger partial charge in [0.25, 0.3) is 17.2 Å². The van der Waals surface area contributed by atoms with Gasteiger partial charge in [-0.15, -0.1) is 0 Å². The molecule has 0 saturated heterocycles. The summed E-state index contributed by atoms with van der Waals surface area (Å²) in [5, 5.41) is 14.6. The van der Waals surface area contributed by atoms with Gasteiger partial charge in [0, 0.05) is 35.2 Å². The molecular weight excluding hydrogens is 426 g/mol. The van der Waals surface area contributed by atoms with Crippen molar-refractivity contribution in [3.8, 4) is 17.2 Å². The highest BCUT2D eigenvalue weighted by Gasteiger charge is 2.19. The number of carbonyl (C=O) groups is 1. The lowest BCUT2D eigenvalue weighted by atomic mass is 10.1. The summed E-state index contributed by atoms with van der Waals surface area (Å²) < 4.78 is 11.9. The van der Waals surface area contributed by atoms with Crippen LogP contribution in [0.4, 0.5) is 11.4 Å². The van der Waals surface area contributed by atoms with Crippen molar-refractivity contribution < 1.29 is 19.2 Å². The van der Waals surface area contributed by atoms with E-state index in [9.17, 15) is 19.7 Å². The van der Waals surface area contributed by atoms with Gasteiger partial charge in [0.1, 0.15) is 11.5 Å². The Kier molecular flexibility index (Phi) is 5.77. The molecule has 0 fully saturated rings. The van der Waals surface area contributed by atoms with E-state index < -0.39 is 10.8 Å². The summed E-state index contributed by atoms with van der Waals surface area (Å²) in [6.07, 6.45) is 1.44. The van der Waals surface area contributed by atoms with Crippen LogP contribution in [0.2, 0.25) is 0 Å². The third-order valence-electron chi connectivity index (χ3n) is 5.14. The summed E-state index contributed by atoms with van der Waals surface area (Å²) in [5.41, 5.74) is 0.370. The molecule has 0 aliphatic rings. The fraction of sp³-hybridized carbons (Fsp3) is 0.0833. The molecule has 33 heavy (non-hydrogen) atoms. The number of methoxy groups -OCH3 is 2. The van der Waals surface area contributed by atoms with E-state index in [1.54, 1.807) is 48.5 Å². The number of nitrogens with zero attached hydrogens (tertiary/aromatic N) is 2. The van der Waals surface area contributed by atoms with Crippen LogP contribution in [0.5, 0.6) is 11.5 Å². The van der Waals surface area contributed by atoms with E-state index >= 15 is 0 Å². The minimum absolute atomic E-state index is 0.139.